The number of carbonyl (C=O) groups is 1. The summed E-state index contributed by atoms with van der Waals surface area (Å²) in [5, 5.41) is 2.77. The van der Waals surface area contributed by atoms with Crippen LogP contribution in [0.3, 0.4) is 0 Å². The first-order chi connectivity index (χ1) is 11.3. The molecule has 0 unspecified atom stereocenters. The number of aryl methyl sites for hydroxylation is 1. The highest BCUT2D eigenvalue weighted by atomic mass is 79.9. The number of aromatic nitrogens is 1. The molecule has 0 aliphatic carbocycles. The summed E-state index contributed by atoms with van der Waals surface area (Å²) >= 11 is 3.44. The Kier molecular flexibility index (Phi) is 6.66. The molecule has 24 heavy (non-hydrogen) atoms. The lowest BCUT2D eigenvalue weighted by Gasteiger charge is -2.19. The number of alkyl carbamates (subject to hydrolysis) is 1. The van der Waals surface area contributed by atoms with E-state index in [1.54, 1.807) is 0 Å². The average molecular weight is 397 g/mol. The monoisotopic (exact) mass is 396 g/mol. The van der Waals surface area contributed by atoms with Gasteiger partial charge in [-0.2, -0.15) is 0 Å². The van der Waals surface area contributed by atoms with Crippen molar-refractivity contribution in [3.63, 3.8) is 0 Å². The first-order valence-electron chi connectivity index (χ1n) is 8.35. The summed E-state index contributed by atoms with van der Waals surface area (Å²) in [5.41, 5.74) is 1.27. The van der Waals surface area contributed by atoms with Crippen LogP contribution in [0.2, 0.25) is 0 Å². The molecule has 2 rings (SSSR count). The Hall–Kier alpha value is -1.56. The van der Waals surface area contributed by atoms with Gasteiger partial charge in [0, 0.05) is 17.4 Å². The topological polar surface area (TPSA) is 64.4 Å². The molecule has 1 N–H and O–H groups in total. The van der Waals surface area contributed by atoms with Gasteiger partial charge in [0.2, 0.25) is 0 Å². The average Bonchev–Trinajstić information content (AvgIpc) is 2.86. The molecule has 0 atom stereocenters. The van der Waals surface area contributed by atoms with Gasteiger partial charge in [0.25, 0.3) is 0 Å². The molecule has 0 fully saturated rings. The lowest BCUT2D eigenvalue weighted by molar-refractivity contribution is 0.0527. The molecule has 1 aromatic carbocycles. The summed E-state index contributed by atoms with van der Waals surface area (Å²) < 4.78 is 11.9. The maximum absolute atomic E-state index is 11.5. The molecule has 0 aliphatic heterocycles. The largest absolute Gasteiger partial charge is 0.444 e. The zero-order valence-corrected chi connectivity index (χ0v) is 16.1. The maximum atomic E-state index is 11.5. The summed E-state index contributed by atoms with van der Waals surface area (Å²) in [6.45, 7) is 6.22. The number of hydrogen-bond acceptors (Lipinski definition) is 4. The van der Waals surface area contributed by atoms with Gasteiger partial charge in [0.1, 0.15) is 11.1 Å². The highest BCUT2D eigenvalue weighted by Crippen LogP contribution is 2.21. The number of unbranched alkanes of at least 4 members (excludes halogenated alkanes) is 3. The van der Waals surface area contributed by atoms with E-state index in [0.717, 1.165) is 53.6 Å². The molecule has 2 aromatic rings. The molecule has 1 heterocycles. The number of fused-ring (bicyclic) bond motifs is 1. The Morgan fingerprint density at radius 3 is 2.75 bits per heavy atom. The van der Waals surface area contributed by atoms with Gasteiger partial charge in [-0.05, 0) is 51.8 Å². The maximum Gasteiger partial charge on any atom is 0.407 e. The summed E-state index contributed by atoms with van der Waals surface area (Å²) in [4.78, 5) is 16.0. The van der Waals surface area contributed by atoms with Crippen molar-refractivity contribution in [1.29, 1.82) is 0 Å². The smallest absolute Gasteiger partial charge is 0.407 e. The number of benzene rings is 1. The number of hydrogen-bond donors (Lipinski definition) is 1. The molecule has 6 heteroatoms. The van der Waals surface area contributed by atoms with Crippen LogP contribution in [0, 0.1) is 0 Å². The fraction of sp³-hybridized carbons (Fsp3) is 0.556. The molecule has 0 saturated heterocycles. The quantitative estimate of drug-likeness (QED) is 0.651. The van der Waals surface area contributed by atoms with Crippen LogP contribution in [0.4, 0.5) is 4.79 Å². The van der Waals surface area contributed by atoms with Crippen molar-refractivity contribution in [3.8, 4) is 0 Å². The fourth-order valence-electron chi connectivity index (χ4n) is 2.31. The molecular weight excluding hydrogens is 372 g/mol. The van der Waals surface area contributed by atoms with Crippen LogP contribution in [0.25, 0.3) is 11.1 Å². The SMILES string of the molecule is CC(C)(C)OC(=O)NCCCCCCc1nc2cc(Br)ccc2o1. The Balaban J connectivity index is 1.58. The zero-order chi connectivity index (χ0) is 17.6. The number of nitrogens with zero attached hydrogens (tertiary/aromatic N) is 1. The van der Waals surface area contributed by atoms with Crippen LogP contribution in [-0.4, -0.2) is 23.2 Å². The number of ether oxygens (including phenoxy) is 1. The van der Waals surface area contributed by atoms with Crippen molar-refractivity contribution in [2.75, 3.05) is 6.54 Å². The van der Waals surface area contributed by atoms with Gasteiger partial charge in [0.15, 0.2) is 11.5 Å². The molecule has 1 amide bonds. The van der Waals surface area contributed by atoms with Crippen molar-refractivity contribution < 1.29 is 13.9 Å². The lowest BCUT2D eigenvalue weighted by Crippen LogP contribution is -2.32. The van der Waals surface area contributed by atoms with E-state index >= 15 is 0 Å². The van der Waals surface area contributed by atoms with Crippen molar-refractivity contribution in [2.45, 2.75) is 58.5 Å². The third kappa shape index (κ3) is 6.51. The highest BCUT2D eigenvalue weighted by molar-refractivity contribution is 9.10. The summed E-state index contributed by atoms with van der Waals surface area (Å²) in [7, 11) is 0. The van der Waals surface area contributed by atoms with E-state index in [0.29, 0.717) is 6.54 Å². The van der Waals surface area contributed by atoms with Crippen LogP contribution in [0.5, 0.6) is 0 Å². The Labute approximate surface area is 151 Å². The van der Waals surface area contributed by atoms with Gasteiger partial charge in [-0.25, -0.2) is 9.78 Å². The molecule has 0 aliphatic rings. The molecule has 0 saturated carbocycles. The number of nitrogens with one attached hydrogen (secondary N) is 1. The number of halogens is 1. The van der Waals surface area contributed by atoms with Gasteiger partial charge < -0.3 is 14.5 Å². The summed E-state index contributed by atoms with van der Waals surface area (Å²) in [6, 6.07) is 5.85. The number of carbonyl (C=O) groups excluding carboxylic acids is 1. The Morgan fingerprint density at radius 2 is 2.00 bits per heavy atom. The van der Waals surface area contributed by atoms with Crippen LogP contribution >= 0.6 is 15.9 Å². The minimum absolute atomic E-state index is 0.347. The normalized spacial score (nSPS) is 11.7. The minimum atomic E-state index is -0.445. The zero-order valence-electron chi connectivity index (χ0n) is 14.5. The first-order valence-corrected chi connectivity index (χ1v) is 9.14. The van der Waals surface area contributed by atoms with Crippen molar-refractivity contribution in [1.82, 2.24) is 10.3 Å². The molecule has 0 bridgehead atoms. The van der Waals surface area contributed by atoms with Crippen LogP contribution in [0.1, 0.15) is 52.3 Å². The third-order valence-electron chi connectivity index (χ3n) is 3.38. The van der Waals surface area contributed by atoms with Gasteiger partial charge >= 0.3 is 6.09 Å². The van der Waals surface area contributed by atoms with E-state index in [1.165, 1.54) is 0 Å². The van der Waals surface area contributed by atoms with Gasteiger partial charge in [0.05, 0.1) is 0 Å². The second kappa shape index (κ2) is 8.51. The van der Waals surface area contributed by atoms with Crippen molar-refractivity contribution >= 4 is 33.1 Å². The molecule has 0 radical (unpaired) electrons. The van der Waals surface area contributed by atoms with E-state index < -0.39 is 5.60 Å². The highest BCUT2D eigenvalue weighted by Gasteiger charge is 2.15. The third-order valence-corrected chi connectivity index (χ3v) is 3.87. The van der Waals surface area contributed by atoms with Gasteiger partial charge in [-0.1, -0.05) is 28.8 Å². The van der Waals surface area contributed by atoms with Crippen molar-refractivity contribution in [3.05, 3.63) is 28.6 Å². The van der Waals surface area contributed by atoms with Crippen LogP contribution in [-0.2, 0) is 11.2 Å². The lowest BCUT2D eigenvalue weighted by atomic mass is 10.1. The van der Waals surface area contributed by atoms with Crippen LogP contribution < -0.4 is 5.32 Å². The van der Waals surface area contributed by atoms with Crippen LogP contribution in [0.15, 0.2) is 27.1 Å². The molecule has 132 valence electrons. The second-order valence-corrected chi connectivity index (χ2v) is 7.73. The Bertz CT molecular complexity index is 676. The standard InChI is InChI=1S/C18H25BrN2O3/c1-18(2,3)24-17(22)20-11-7-5-4-6-8-16-21-14-12-13(19)9-10-15(14)23-16/h9-10,12H,4-8,11H2,1-3H3,(H,20,22). The van der Waals surface area contributed by atoms with E-state index in [-0.39, 0.29) is 6.09 Å². The molecule has 0 spiro atoms. The fourth-order valence-corrected chi connectivity index (χ4v) is 2.66. The number of amides is 1. The Morgan fingerprint density at radius 1 is 1.25 bits per heavy atom. The molecular formula is C18H25BrN2O3. The van der Waals surface area contributed by atoms with Crippen molar-refractivity contribution in [2.24, 2.45) is 0 Å². The number of rotatable bonds is 7. The first kappa shape index (κ1) is 18.8. The van der Waals surface area contributed by atoms with E-state index in [9.17, 15) is 4.79 Å². The number of oxazole rings is 1. The summed E-state index contributed by atoms with van der Waals surface area (Å²) in [5.74, 6) is 0.787. The molecule has 5 nitrogen and oxygen atoms in total. The minimum Gasteiger partial charge on any atom is -0.444 e. The van der Waals surface area contributed by atoms with Gasteiger partial charge in [-0.15, -0.1) is 0 Å². The van der Waals surface area contributed by atoms with E-state index in [4.69, 9.17) is 9.15 Å². The summed E-state index contributed by atoms with van der Waals surface area (Å²) in [6.07, 6.45) is 4.60. The van der Waals surface area contributed by atoms with Gasteiger partial charge in [-0.3, -0.25) is 0 Å². The van der Waals surface area contributed by atoms with E-state index in [1.807, 2.05) is 39.0 Å². The molecule has 1 aromatic heterocycles. The predicted octanol–water partition coefficient (Wildman–Crippen LogP) is 5.22. The predicted molar refractivity (Wildman–Crippen MR) is 98.1 cm³/mol. The second-order valence-electron chi connectivity index (χ2n) is 6.81. The van der Waals surface area contributed by atoms with E-state index in [2.05, 4.69) is 26.2 Å².